The van der Waals surface area contributed by atoms with Crippen molar-refractivity contribution < 1.29 is 9.90 Å². The van der Waals surface area contributed by atoms with Crippen molar-refractivity contribution >= 4 is 11.7 Å². The summed E-state index contributed by atoms with van der Waals surface area (Å²) in [7, 11) is 0. The molecule has 0 aromatic heterocycles. The van der Waals surface area contributed by atoms with Crippen LogP contribution in [0.1, 0.15) is 22.8 Å². The van der Waals surface area contributed by atoms with Crippen LogP contribution in [0.15, 0.2) is 18.2 Å². The highest BCUT2D eigenvalue weighted by Crippen LogP contribution is 2.15. The number of hydrogen-bond donors (Lipinski definition) is 3. The first-order valence-corrected chi connectivity index (χ1v) is 4.38. The standard InChI is InChI=1S/C10H14N2O2/c1-6(11)4-8-5-7(10(13)14)2-3-9(8)12/h2-3,5-6H,4,11-12H2,1H3,(H,13,14)/t6-/m1/s1. The number of anilines is 1. The molecule has 0 spiro atoms. The van der Waals surface area contributed by atoms with Crippen molar-refractivity contribution in [2.45, 2.75) is 19.4 Å². The lowest BCUT2D eigenvalue weighted by Gasteiger charge is -2.09. The van der Waals surface area contributed by atoms with Gasteiger partial charge >= 0.3 is 5.97 Å². The predicted molar refractivity (Wildman–Crippen MR) is 55.2 cm³/mol. The molecule has 4 heteroatoms. The molecule has 0 radical (unpaired) electrons. The van der Waals surface area contributed by atoms with E-state index in [1.54, 1.807) is 12.1 Å². The van der Waals surface area contributed by atoms with Gasteiger partial charge in [0.15, 0.2) is 0 Å². The molecule has 76 valence electrons. The lowest BCUT2D eigenvalue weighted by molar-refractivity contribution is 0.0697. The zero-order valence-corrected chi connectivity index (χ0v) is 8.03. The summed E-state index contributed by atoms with van der Waals surface area (Å²) in [5, 5.41) is 8.76. The molecule has 0 fully saturated rings. The second-order valence-corrected chi connectivity index (χ2v) is 3.40. The fourth-order valence-electron chi connectivity index (χ4n) is 1.26. The topological polar surface area (TPSA) is 89.3 Å². The van der Waals surface area contributed by atoms with E-state index in [9.17, 15) is 4.79 Å². The van der Waals surface area contributed by atoms with Crippen LogP contribution in [0, 0.1) is 0 Å². The number of hydrogen-bond acceptors (Lipinski definition) is 3. The van der Waals surface area contributed by atoms with Crippen molar-refractivity contribution in [3.63, 3.8) is 0 Å². The van der Waals surface area contributed by atoms with Gasteiger partial charge in [0.2, 0.25) is 0 Å². The second-order valence-electron chi connectivity index (χ2n) is 3.40. The number of nitrogen functional groups attached to an aromatic ring is 1. The van der Waals surface area contributed by atoms with E-state index in [2.05, 4.69) is 0 Å². The summed E-state index contributed by atoms with van der Waals surface area (Å²) in [5.41, 5.74) is 12.9. The van der Waals surface area contributed by atoms with Crippen molar-refractivity contribution in [2.24, 2.45) is 5.73 Å². The molecule has 1 rings (SSSR count). The fourth-order valence-corrected chi connectivity index (χ4v) is 1.26. The van der Waals surface area contributed by atoms with Crippen molar-refractivity contribution in [1.82, 2.24) is 0 Å². The Bertz CT molecular complexity index is 348. The van der Waals surface area contributed by atoms with Crippen LogP contribution in [-0.4, -0.2) is 17.1 Å². The molecule has 0 aliphatic carbocycles. The molecule has 0 unspecified atom stereocenters. The molecule has 0 amide bonds. The Morgan fingerprint density at radius 2 is 2.21 bits per heavy atom. The van der Waals surface area contributed by atoms with E-state index >= 15 is 0 Å². The van der Waals surface area contributed by atoms with E-state index in [-0.39, 0.29) is 11.6 Å². The Hall–Kier alpha value is -1.55. The monoisotopic (exact) mass is 194 g/mol. The van der Waals surface area contributed by atoms with E-state index in [4.69, 9.17) is 16.6 Å². The molecule has 0 saturated heterocycles. The van der Waals surface area contributed by atoms with Crippen molar-refractivity contribution in [2.75, 3.05) is 5.73 Å². The van der Waals surface area contributed by atoms with Gasteiger partial charge in [0.05, 0.1) is 5.56 Å². The number of benzene rings is 1. The predicted octanol–water partition coefficient (Wildman–Crippen LogP) is 0.857. The molecule has 0 saturated carbocycles. The molecule has 5 N–H and O–H groups in total. The van der Waals surface area contributed by atoms with Gasteiger partial charge in [-0.2, -0.15) is 0 Å². The van der Waals surface area contributed by atoms with Crippen LogP contribution in [-0.2, 0) is 6.42 Å². The summed E-state index contributed by atoms with van der Waals surface area (Å²) >= 11 is 0. The third-order valence-corrected chi connectivity index (χ3v) is 1.93. The lowest BCUT2D eigenvalue weighted by Crippen LogP contribution is -2.18. The van der Waals surface area contributed by atoms with Crippen molar-refractivity contribution in [3.05, 3.63) is 29.3 Å². The van der Waals surface area contributed by atoms with Gasteiger partial charge in [0.1, 0.15) is 0 Å². The van der Waals surface area contributed by atoms with Crippen LogP contribution in [0.3, 0.4) is 0 Å². The first-order valence-electron chi connectivity index (χ1n) is 4.38. The summed E-state index contributed by atoms with van der Waals surface area (Å²) in [6.45, 7) is 1.85. The summed E-state index contributed by atoms with van der Waals surface area (Å²) in [6, 6.07) is 4.63. The van der Waals surface area contributed by atoms with E-state index < -0.39 is 5.97 Å². The molecule has 0 aliphatic rings. The van der Waals surface area contributed by atoms with Gasteiger partial charge in [0.25, 0.3) is 0 Å². The number of carboxylic acids is 1. The van der Waals surface area contributed by atoms with Gasteiger partial charge in [-0.25, -0.2) is 4.79 Å². The van der Waals surface area contributed by atoms with Gasteiger partial charge in [0, 0.05) is 11.7 Å². The number of aromatic carboxylic acids is 1. The normalized spacial score (nSPS) is 12.4. The number of rotatable bonds is 3. The van der Waals surface area contributed by atoms with Gasteiger partial charge in [-0.05, 0) is 37.1 Å². The Morgan fingerprint density at radius 3 is 2.71 bits per heavy atom. The van der Waals surface area contributed by atoms with Gasteiger partial charge in [-0.15, -0.1) is 0 Å². The van der Waals surface area contributed by atoms with E-state index in [1.165, 1.54) is 6.07 Å². The van der Waals surface area contributed by atoms with Crippen LogP contribution in [0.2, 0.25) is 0 Å². The molecular weight excluding hydrogens is 180 g/mol. The maximum absolute atomic E-state index is 10.7. The first kappa shape index (κ1) is 10.5. The van der Waals surface area contributed by atoms with Crippen LogP contribution in [0.4, 0.5) is 5.69 Å². The highest BCUT2D eigenvalue weighted by Gasteiger charge is 2.07. The molecule has 4 nitrogen and oxygen atoms in total. The minimum absolute atomic E-state index is 0.0265. The second kappa shape index (κ2) is 4.11. The van der Waals surface area contributed by atoms with Gasteiger partial charge in [-0.3, -0.25) is 0 Å². The summed E-state index contributed by atoms with van der Waals surface area (Å²) in [6.07, 6.45) is 0.590. The zero-order chi connectivity index (χ0) is 10.7. The number of carboxylic acid groups (broad SMARTS) is 1. The highest BCUT2D eigenvalue weighted by atomic mass is 16.4. The summed E-state index contributed by atoms with van der Waals surface area (Å²) in [5.74, 6) is -0.948. The van der Waals surface area contributed by atoms with Crippen LogP contribution in [0.25, 0.3) is 0 Å². The molecule has 1 aromatic rings. The fraction of sp³-hybridized carbons (Fsp3) is 0.300. The quantitative estimate of drug-likeness (QED) is 0.622. The van der Waals surface area contributed by atoms with E-state index in [0.717, 1.165) is 5.56 Å². The number of carbonyl (C=O) groups is 1. The number of nitrogens with two attached hydrogens (primary N) is 2. The molecule has 14 heavy (non-hydrogen) atoms. The molecule has 0 aliphatic heterocycles. The smallest absolute Gasteiger partial charge is 0.335 e. The zero-order valence-electron chi connectivity index (χ0n) is 8.03. The Morgan fingerprint density at radius 1 is 1.57 bits per heavy atom. The van der Waals surface area contributed by atoms with Gasteiger partial charge < -0.3 is 16.6 Å². The average molecular weight is 194 g/mol. The highest BCUT2D eigenvalue weighted by molar-refractivity contribution is 5.88. The largest absolute Gasteiger partial charge is 0.478 e. The maximum atomic E-state index is 10.7. The van der Waals surface area contributed by atoms with Crippen LogP contribution >= 0.6 is 0 Å². The van der Waals surface area contributed by atoms with Crippen molar-refractivity contribution in [3.8, 4) is 0 Å². The van der Waals surface area contributed by atoms with E-state index in [0.29, 0.717) is 12.1 Å². The summed E-state index contributed by atoms with van der Waals surface area (Å²) in [4.78, 5) is 10.7. The SMILES string of the molecule is C[C@@H](N)Cc1cc(C(=O)O)ccc1N. The average Bonchev–Trinajstić information content (AvgIpc) is 2.07. The minimum atomic E-state index is -0.948. The first-order chi connectivity index (χ1) is 6.50. The Kier molecular flexibility index (Phi) is 3.09. The molecular formula is C10H14N2O2. The Labute approximate surface area is 82.5 Å². The van der Waals surface area contributed by atoms with Crippen molar-refractivity contribution in [1.29, 1.82) is 0 Å². The third kappa shape index (κ3) is 2.47. The lowest BCUT2D eigenvalue weighted by atomic mass is 10.0. The molecule has 1 atom stereocenters. The maximum Gasteiger partial charge on any atom is 0.335 e. The minimum Gasteiger partial charge on any atom is -0.478 e. The van der Waals surface area contributed by atoms with Crippen LogP contribution in [0.5, 0.6) is 0 Å². The molecule has 1 aromatic carbocycles. The summed E-state index contributed by atoms with van der Waals surface area (Å²) < 4.78 is 0. The third-order valence-electron chi connectivity index (χ3n) is 1.93. The van der Waals surface area contributed by atoms with Gasteiger partial charge in [-0.1, -0.05) is 0 Å². The molecule has 0 bridgehead atoms. The van der Waals surface area contributed by atoms with E-state index in [1.807, 2.05) is 6.92 Å². The Balaban J connectivity index is 3.02. The molecule has 0 heterocycles. The van der Waals surface area contributed by atoms with Crippen LogP contribution < -0.4 is 11.5 Å².